The van der Waals surface area contributed by atoms with Gasteiger partial charge in [-0.05, 0) is 18.2 Å². The number of nitroso groups, excluding NO2 is 1. The molecule has 24 heavy (non-hydrogen) atoms. The van der Waals surface area contributed by atoms with Crippen molar-refractivity contribution in [2.45, 2.75) is 19.1 Å². The van der Waals surface area contributed by atoms with Gasteiger partial charge in [-0.1, -0.05) is 6.92 Å². The van der Waals surface area contributed by atoms with Crippen molar-refractivity contribution in [3.8, 4) is 0 Å². The number of likely N-dealkylation sites (N-methyl/N-ethyl adjacent to an activating group) is 1. The van der Waals surface area contributed by atoms with Crippen LogP contribution >= 0.6 is 0 Å². The summed E-state index contributed by atoms with van der Waals surface area (Å²) in [6, 6.07) is 2.45. The highest BCUT2D eigenvalue weighted by Crippen LogP contribution is 2.27. The molecule has 130 valence electrons. The smallest absolute Gasteiger partial charge is 0.322 e. The van der Waals surface area contributed by atoms with Crippen LogP contribution in [0.3, 0.4) is 0 Å². The van der Waals surface area contributed by atoms with Gasteiger partial charge >= 0.3 is 5.97 Å². The van der Waals surface area contributed by atoms with Gasteiger partial charge in [-0.2, -0.15) is 0 Å². The van der Waals surface area contributed by atoms with Crippen molar-refractivity contribution in [2.75, 3.05) is 26.2 Å². The monoisotopic (exact) mass is 339 g/mol. The molecule has 0 spiro atoms. The molecule has 1 aliphatic rings. The van der Waals surface area contributed by atoms with Crippen molar-refractivity contribution in [1.82, 2.24) is 10.2 Å². The molecule has 1 saturated heterocycles. The first-order chi connectivity index (χ1) is 11.3. The van der Waals surface area contributed by atoms with Gasteiger partial charge in [0.05, 0.1) is 6.54 Å². The third-order valence-electron chi connectivity index (χ3n) is 3.91. The summed E-state index contributed by atoms with van der Waals surface area (Å²) in [6.45, 7) is 3.11. The molecule has 9 heteroatoms. The summed E-state index contributed by atoms with van der Waals surface area (Å²) < 4.78 is 14.7. The van der Waals surface area contributed by atoms with Crippen molar-refractivity contribution in [2.24, 2.45) is 5.73 Å². The van der Waals surface area contributed by atoms with Crippen LogP contribution in [0.25, 0.3) is 0 Å². The van der Waals surface area contributed by atoms with E-state index in [0.29, 0.717) is 25.2 Å². The van der Waals surface area contributed by atoms with E-state index in [0.717, 1.165) is 10.8 Å². The van der Waals surface area contributed by atoms with Crippen molar-refractivity contribution >= 4 is 11.9 Å². The van der Waals surface area contributed by atoms with Crippen LogP contribution in [0.15, 0.2) is 18.2 Å². The third kappa shape index (κ3) is 3.92. The highest BCUT2D eigenvalue weighted by Gasteiger charge is 2.40. The molecule has 1 fully saturated rings. The minimum Gasteiger partial charge on any atom is -0.480 e. The van der Waals surface area contributed by atoms with E-state index in [-0.39, 0.29) is 12.1 Å². The molecule has 1 aliphatic heterocycles. The standard InChI is InChI=1S/C15H19FN4O4/c1-2-19-3-4-20(24)14(19)10-5-9(6-11(16)7-10)13(21)18-8-12(17)15(22)23/h5-7,12,14H,2-4,8,17H2,1H3,(H-,18,21,22,23)/p+1/t12-,14?/m1/s1. The Kier molecular flexibility index (Phi) is 5.58. The first-order valence-corrected chi connectivity index (χ1v) is 7.58. The van der Waals surface area contributed by atoms with Crippen LogP contribution in [0, 0.1) is 10.7 Å². The maximum Gasteiger partial charge on any atom is 0.322 e. The highest BCUT2D eigenvalue weighted by molar-refractivity contribution is 5.94. The fourth-order valence-corrected chi connectivity index (χ4v) is 2.65. The number of rotatable bonds is 6. The summed E-state index contributed by atoms with van der Waals surface area (Å²) in [4.78, 5) is 36.6. The number of carboxylic acid groups (broad SMARTS) is 1. The van der Waals surface area contributed by atoms with Crippen molar-refractivity contribution in [1.29, 1.82) is 0 Å². The summed E-state index contributed by atoms with van der Waals surface area (Å²) in [7, 11) is 0. The van der Waals surface area contributed by atoms with Gasteiger partial charge in [-0.25, -0.2) is 9.29 Å². The van der Waals surface area contributed by atoms with E-state index in [9.17, 15) is 18.9 Å². The molecular weight excluding hydrogens is 319 g/mol. The second-order valence-corrected chi connectivity index (χ2v) is 5.57. The van der Waals surface area contributed by atoms with Gasteiger partial charge < -0.3 is 16.2 Å². The summed E-state index contributed by atoms with van der Waals surface area (Å²) in [6.07, 6.45) is -0.640. The first-order valence-electron chi connectivity index (χ1n) is 7.58. The van der Waals surface area contributed by atoms with E-state index in [1.807, 2.05) is 11.8 Å². The Labute approximate surface area is 138 Å². The Hall–Kier alpha value is -2.39. The number of carbonyl (C=O) groups is 2. The molecule has 0 saturated carbocycles. The van der Waals surface area contributed by atoms with Crippen LogP contribution in [0.4, 0.5) is 4.39 Å². The Morgan fingerprint density at radius 3 is 2.83 bits per heavy atom. The number of hydrogen-bond donors (Lipinski definition) is 3. The number of halogens is 1. The SMILES string of the molecule is CCN1CC[N+](=O)C1c1cc(F)cc(C(=O)NC[C@@H](N)C(=O)O)c1. The van der Waals surface area contributed by atoms with E-state index in [4.69, 9.17) is 10.8 Å². The topological polar surface area (TPSA) is 116 Å². The zero-order valence-electron chi connectivity index (χ0n) is 13.2. The Balaban J connectivity index is 2.20. The number of carbonyl (C=O) groups excluding carboxylic acids is 1. The van der Waals surface area contributed by atoms with Crippen LogP contribution < -0.4 is 11.1 Å². The number of hydrogen-bond acceptors (Lipinski definition) is 5. The average molecular weight is 339 g/mol. The minimum atomic E-state index is -1.25. The second-order valence-electron chi connectivity index (χ2n) is 5.57. The fourth-order valence-electron chi connectivity index (χ4n) is 2.65. The normalized spacial score (nSPS) is 19.3. The molecule has 1 unspecified atom stereocenters. The molecule has 1 aromatic rings. The minimum absolute atomic E-state index is 0.0129. The lowest BCUT2D eigenvalue weighted by atomic mass is 10.1. The van der Waals surface area contributed by atoms with Gasteiger partial charge in [0.2, 0.25) is 6.54 Å². The van der Waals surface area contributed by atoms with Crippen LogP contribution in [-0.2, 0) is 4.79 Å². The largest absolute Gasteiger partial charge is 0.480 e. The highest BCUT2D eigenvalue weighted by atomic mass is 19.1. The van der Waals surface area contributed by atoms with Crippen LogP contribution in [0.2, 0.25) is 0 Å². The predicted octanol–water partition coefficient (Wildman–Crippen LogP) is 0.0804. The molecule has 1 heterocycles. The molecule has 2 rings (SSSR count). The summed E-state index contributed by atoms with van der Waals surface area (Å²) in [5.74, 6) is -2.54. The van der Waals surface area contributed by atoms with Crippen molar-refractivity contribution < 1.29 is 23.8 Å². The zero-order chi connectivity index (χ0) is 17.9. The van der Waals surface area contributed by atoms with E-state index >= 15 is 0 Å². The van der Waals surface area contributed by atoms with Gasteiger partial charge in [0.25, 0.3) is 12.1 Å². The summed E-state index contributed by atoms with van der Waals surface area (Å²) in [5, 5.41) is 11.0. The number of carboxylic acids is 1. The molecule has 0 aromatic heterocycles. The lowest BCUT2D eigenvalue weighted by molar-refractivity contribution is -0.583. The second kappa shape index (κ2) is 7.45. The first kappa shape index (κ1) is 18.0. The van der Waals surface area contributed by atoms with E-state index in [1.54, 1.807) is 0 Å². The lowest BCUT2D eigenvalue weighted by Gasteiger charge is -2.16. The Morgan fingerprint density at radius 1 is 1.50 bits per heavy atom. The van der Waals surface area contributed by atoms with Gasteiger partial charge in [0.15, 0.2) is 0 Å². The van der Waals surface area contributed by atoms with Crippen molar-refractivity contribution in [3.63, 3.8) is 0 Å². The zero-order valence-corrected chi connectivity index (χ0v) is 13.2. The Morgan fingerprint density at radius 2 is 2.21 bits per heavy atom. The van der Waals surface area contributed by atoms with Gasteiger partial charge in [0, 0.05) is 33.9 Å². The van der Waals surface area contributed by atoms with E-state index in [2.05, 4.69) is 5.32 Å². The number of nitrogens with zero attached hydrogens (tertiary/aromatic N) is 2. The maximum absolute atomic E-state index is 13.9. The lowest BCUT2D eigenvalue weighted by Crippen LogP contribution is -2.42. The number of amides is 1. The van der Waals surface area contributed by atoms with Gasteiger partial charge in [0.1, 0.15) is 11.9 Å². The van der Waals surface area contributed by atoms with Gasteiger partial charge in [-0.3, -0.25) is 9.59 Å². The van der Waals surface area contributed by atoms with Crippen molar-refractivity contribution in [3.05, 3.63) is 40.1 Å². The fraction of sp³-hybridized carbons (Fsp3) is 0.467. The number of nitrogens with two attached hydrogens (primary N) is 1. The number of nitrogens with one attached hydrogen (secondary N) is 1. The molecule has 0 bridgehead atoms. The Bertz CT molecular complexity index is 667. The molecular formula is C15H20FN4O4+. The summed E-state index contributed by atoms with van der Waals surface area (Å²) in [5.41, 5.74) is 5.71. The molecule has 0 radical (unpaired) electrons. The van der Waals surface area contributed by atoms with Crippen LogP contribution in [0.1, 0.15) is 29.0 Å². The molecule has 4 N–H and O–H groups in total. The maximum atomic E-state index is 13.9. The van der Waals surface area contributed by atoms with Crippen LogP contribution in [-0.4, -0.2) is 58.9 Å². The molecule has 0 aliphatic carbocycles. The molecule has 8 nitrogen and oxygen atoms in total. The molecule has 2 atom stereocenters. The predicted molar refractivity (Wildman–Crippen MR) is 82.8 cm³/mol. The third-order valence-corrected chi connectivity index (χ3v) is 3.91. The quantitative estimate of drug-likeness (QED) is 0.632. The van der Waals surface area contributed by atoms with Crippen LogP contribution in [0.5, 0.6) is 0 Å². The van der Waals surface area contributed by atoms with E-state index < -0.39 is 29.9 Å². The summed E-state index contributed by atoms with van der Waals surface area (Å²) >= 11 is 0. The van der Waals surface area contributed by atoms with E-state index in [1.165, 1.54) is 12.1 Å². The number of benzene rings is 1. The number of aliphatic carboxylic acids is 1. The molecule has 1 aromatic carbocycles. The molecule has 1 amide bonds. The average Bonchev–Trinajstić information content (AvgIpc) is 2.92. The van der Waals surface area contributed by atoms with Gasteiger partial charge in [-0.15, -0.1) is 0 Å².